The van der Waals surface area contributed by atoms with Gasteiger partial charge >= 0.3 is 0 Å². The standard InChI is InChI=1S/C19H17ClN4O/c1-24(13-14-5-3-2-4-6-14)19(25)17-11-22-18(12-21-17)23-16-9-7-15(20)8-10-16/h2-12H,13H2,1H3,(H,22,23). The molecule has 0 saturated heterocycles. The minimum Gasteiger partial charge on any atom is -0.339 e. The Hall–Kier alpha value is -2.92. The summed E-state index contributed by atoms with van der Waals surface area (Å²) >= 11 is 5.86. The van der Waals surface area contributed by atoms with E-state index in [4.69, 9.17) is 11.6 Å². The van der Waals surface area contributed by atoms with Gasteiger partial charge in [-0.2, -0.15) is 0 Å². The van der Waals surface area contributed by atoms with Gasteiger partial charge in [0.2, 0.25) is 0 Å². The van der Waals surface area contributed by atoms with E-state index in [1.165, 1.54) is 12.4 Å². The van der Waals surface area contributed by atoms with Gasteiger partial charge in [0.25, 0.3) is 5.91 Å². The Morgan fingerprint density at radius 3 is 2.40 bits per heavy atom. The van der Waals surface area contributed by atoms with Crippen LogP contribution in [0.1, 0.15) is 16.1 Å². The van der Waals surface area contributed by atoms with Crippen LogP contribution in [-0.2, 0) is 6.54 Å². The third-order valence-electron chi connectivity index (χ3n) is 3.60. The third kappa shape index (κ3) is 4.55. The maximum absolute atomic E-state index is 12.4. The quantitative estimate of drug-likeness (QED) is 0.749. The molecular weight excluding hydrogens is 336 g/mol. The summed E-state index contributed by atoms with van der Waals surface area (Å²) in [7, 11) is 1.75. The Morgan fingerprint density at radius 2 is 1.76 bits per heavy atom. The summed E-state index contributed by atoms with van der Waals surface area (Å²) in [4.78, 5) is 22.5. The van der Waals surface area contributed by atoms with Gasteiger partial charge in [-0.25, -0.2) is 9.97 Å². The summed E-state index contributed by atoms with van der Waals surface area (Å²) in [6.07, 6.45) is 3.01. The van der Waals surface area contributed by atoms with Crippen molar-refractivity contribution in [3.8, 4) is 0 Å². The Balaban J connectivity index is 1.64. The zero-order valence-corrected chi connectivity index (χ0v) is 14.4. The molecule has 0 aliphatic heterocycles. The highest BCUT2D eigenvalue weighted by molar-refractivity contribution is 6.30. The molecule has 1 heterocycles. The molecule has 1 N–H and O–H groups in total. The molecule has 5 nitrogen and oxygen atoms in total. The van der Waals surface area contributed by atoms with Crippen molar-refractivity contribution in [2.24, 2.45) is 0 Å². The molecule has 1 amide bonds. The lowest BCUT2D eigenvalue weighted by molar-refractivity contribution is 0.0779. The lowest BCUT2D eigenvalue weighted by Crippen LogP contribution is -2.27. The van der Waals surface area contributed by atoms with E-state index in [2.05, 4.69) is 15.3 Å². The van der Waals surface area contributed by atoms with Crippen LogP contribution in [0, 0.1) is 0 Å². The second-order valence-electron chi connectivity index (χ2n) is 5.57. The van der Waals surface area contributed by atoms with E-state index < -0.39 is 0 Å². The van der Waals surface area contributed by atoms with E-state index in [1.54, 1.807) is 24.1 Å². The fraction of sp³-hybridized carbons (Fsp3) is 0.105. The normalized spacial score (nSPS) is 10.3. The van der Waals surface area contributed by atoms with E-state index in [-0.39, 0.29) is 5.91 Å². The van der Waals surface area contributed by atoms with Gasteiger partial charge in [0.15, 0.2) is 0 Å². The summed E-state index contributed by atoms with van der Waals surface area (Å²) in [6, 6.07) is 17.1. The molecule has 0 saturated carbocycles. The van der Waals surface area contributed by atoms with Crippen molar-refractivity contribution < 1.29 is 4.79 Å². The average Bonchev–Trinajstić information content (AvgIpc) is 2.64. The highest BCUT2D eigenvalue weighted by Crippen LogP contribution is 2.17. The first-order valence-corrected chi connectivity index (χ1v) is 8.13. The zero-order chi connectivity index (χ0) is 17.6. The van der Waals surface area contributed by atoms with Crippen LogP contribution in [0.3, 0.4) is 0 Å². The molecule has 1 aromatic heterocycles. The number of nitrogens with zero attached hydrogens (tertiary/aromatic N) is 3. The molecule has 2 aromatic carbocycles. The molecule has 6 heteroatoms. The second-order valence-corrected chi connectivity index (χ2v) is 6.00. The van der Waals surface area contributed by atoms with Crippen molar-refractivity contribution in [2.45, 2.75) is 6.54 Å². The molecule has 25 heavy (non-hydrogen) atoms. The molecular formula is C19H17ClN4O. The predicted octanol–water partition coefficient (Wildman–Crippen LogP) is 4.15. The Kier molecular flexibility index (Phi) is 5.26. The number of nitrogens with one attached hydrogen (secondary N) is 1. The molecule has 0 aliphatic carbocycles. The molecule has 0 bridgehead atoms. The number of hydrogen-bond acceptors (Lipinski definition) is 4. The van der Waals surface area contributed by atoms with Crippen molar-refractivity contribution in [3.63, 3.8) is 0 Å². The monoisotopic (exact) mass is 352 g/mol. The first-order chi connectivity index (χ1) is 12.1. The summed E-state index contributed by atoms with van der Waals surface area (Å²) in [5.41, 5.74) is 2.21. The second kappa shape index (κ2) is 7.77. The molecule has 0 fully saturated rings. The Labute approximate surface area is 151 Å². The number of halogens is 1. The maximum Gasteiger partial charge on any atom is 0.274 e. The molecule has 0 radical (unpaired) electrons. The topological polar surface area (TPSA) is 58.1 Å². The SMILES string of the molecule is CN(Cc1ccccc1)C(=O)c1cnc(Nc2ccc(Cl)cc2)cn1. The van der Waals surface area contributed by atoms with Gasteiger partial charge in [-0.05, 0) is 29.8 Å². The number of benzene rings is 2. The number of rotatable bonds is 5. The van der Waals surface area contributed by atoms with E-state index >= 15 is 0 Å². The van der Waals surface area contributed by atoms with Crippen molar-refractivity contribution in [1.29, 1.82) is 0 Å². The number of carbonyl (C=O) groups excluding carboxylic acids is 1. The van der Waals surface area contributed by atoms with Crippen LogP contribution in [0.5, 0.6) is 0 Å². The number of anilines is 2. The number of hydrogen-bond donors (Lipinski definition) is 1. The van der Waals surface area contributed by atoms with Crippen molar-refractivity contribution in [1.82, 2.24) is 14.9 Å². The van der Waals surface area contributed by atoms with Gasteiger partial charge in [-0.1, -0.05) is 41.9 Å². The van der Waals surface area contributed by atoms with Gasteiger partial charge in [-0.3, -0.25) is 4.79 Å². The van der Waals surface area contributed by atoms with E-state index in [0.717, 1.165) is 11.3 Å². The fourth-order valence-corrected chi connectivity index (χ4v) is 2.43. The lowest BCUT2D eigenvalue weighted by Gasteiger charge is -2.16. The van der Waals surface area contributed by atoms with Gasteiger partial charge in [-0.15, -0.1) is 0 Å². The molecule has 0 unspecified atom stereocenters. The van der Waals surface area contributed by atoms with E-state index in [1.807, 2.05) is 42.5 Å². The molecule has 3 aromatic rings. The molecule has 126 valence electrons. The lowest BCUT2D eigenvalue weighted by atomic mass is 10.2. The predicted molar refractivity (Wildman–Crippen MR) is 99.0 cm³/mol. The smallest absolute Gasteiger partial charge is 0.274 e. The number of aromatic nitrogens is 2. The first-order valence-electron chi connectivity index (χ1n) is 7.76. The molecule has 0 atom stereocenters. The van der Waals surface area contributed by atoms with Gasteiger partial charge in [0.05, 0.1) is 12.4 Å². The van der Waals surface area contributed by atoms with E-state index in [0.29, 0.717) is 23.1 Å². The van der Waals surface area contributed by atoms with Crippen molar-refractivity contribution in [2.75, 3.05) is 12.4 Å². The van der Waals surface area contributed by atoms with Crippen LogP contribution in [0.15, 0.2) is 67.0 Å². The van der Waals surface area contributed by atoms with Crippen LogP contribution in [0.25, 0.3) is 0 Å². The van der Waals surface area contributed by atoms with Crippen LogP contribution >= 0.6 is 11.6 Å². The van der Waals surface area contributed by atoms with Crippen LogP contribution < -0.4 is 5.32 Å². The average molecular weight is 353 g/mol. The van der Waals surface area contributed by atoms with Gasteiger partial charge in [0, 0.05) is 24.3 Å². The van der Waals surface area contributed by atoms with Gasteiger partial charge < -0.3 is 10.2 Å². The summed E-state index contributed by atoms with van der Waals surface area (Å²) in [6.45, 7) is 0.520. The highest BCUT2D eigenvalue weighted by atomic mass is 35.5. The van der Waals surface area contributed by atoms with Crippen LogP contribution in [0.4, 0.5) is 11.5 Å². The van der Waals surface area contributed by atoms with Crippen LogP contribution in [0.2, 0.25) is 5.02 Å². The van der Waals surface area contributed by atoms with Crippen LogP contribution in [-0.4, -0.2) is 27.8 Å². The van der Waals surface area contributed by atoms with E-state index in [9.17, 15) is 4.79 Å². The molecule has 0 aliphatic rings. The number of carbonyl (C=O) groups is 1. The maximum atomic E-state index is 12.4. The zero-order valence-electron chi connectivity index (χ0n) is 13.7. The van der Waals surface area contributed by atoms with Crippen molar-refractivity contribution >= 4 is 29.0 Å². The van der Waals surface area contributed by atoms with Gasteiger partial charge in [0.1, 0.15) is 11.5 Å². The summed E-state index contributed by atoms with van der Waals surface area (Å²) in [5, 5.41) is 3.77. The molecule has 3 rings (SSSR count). The largest absolute Gasteiger partial charge is 0.339 e. The highest BCUT2D eigenvalue weighted by Gasteiger charge is 2.14. The summed E-state index contributed by atoms with van der Waals surface area (Å²) < 4.78 is 0. The fourth-order valence-electron chi connectivity index (χ4n) is 2.31. The first kappa shape index (κ1) is 16.9. The Bertz CT molecular complexity index is 836. The Morgan fingerprint density at radius 1 is 1.04 bits per heavy atom. The van der Waals surface area contributed by atoms with Crippen molar-refractivity contribution in [3.05, 3.63) is 83.3 Å². The molecule has 0 spiro atoms. The third-order valence-corrected chi connectivity index (χ3v) is 3.85. The summed E-state index contributed by atoms with van der Waals surface area (Å²) in [5.74, 6) is 0.388. The minimum absolute atomic E-state index is 0.172. The number of amides is 1. The minimum atomic E-state index is -0.172.